The van der Waals surface area contributed by atoms with E-state index in [4.69, 9.17) is 0 Å². The van der Waals surface area contributed by atoms with E-state index in [9.17, 15) is 0 Å². The minimum absolute atomic E-state index is 0.625. The number of hydrogen-bond acceptors (Lipinski definition) is 0. The van der Waals surface area contributed by atoms with Crippen molar-refractivity contribution in [3.05, 3.63) is 0 Å². The molecule has 6 aliphatic carbocycles. The molecule has 168 valence electrons. The van der Waals surface area contributed by atoms with Gasteiger partial charge in [0.25, 0.3) is 0 Å². The highest BCUT2D eigenvalue weighted by Gasteiger charge is 2.64. The van der Waals surface area contributed by atoms with E-state index in [2.05, 4.69) is 21.7 Å². The Morgan fingerprint density at radius 3 is 1.90 bits per heavy atom. The van der Waals surface area contributed by atoms with Crippen LogP contribution < -0.4 is 0 Å². The molecule has 6 fully saturated rings. The molecule has 0 aromatic rings. The summed E-state index contributed by atoms with van der Waals surface area (Å²) < 4.78 is 0. The van der Waals surface area contributed by atoms with Gasteiger partial charge in [0.15, 0.2) is 0 Å². The van der Waals surface area contributed by atoms with Gasteiger partial charge in [-0.05, 0) is 110 Å². The Balaban J connectivity index is 1.34. The molecule has 30 heavy (non-hydrogen) atoms. The first-order chi connectivity index (χ1) is 14.6. The molecule has 0 radical (unpaired) electrons. The summed E-state index contributed by atoms with van der Waals surface area (Å²) in [6.45, 7) is 5.28. The zero-order valence-electron chi connectivity index (χ0n) is 20.5. The smallest absolute Gasteiger partial charge is 0.0664 e. The lowest BCUT2D eigenvalue weighted by atomic mass is 9.48. The Morgan fingerprint density at radius 2 is 1.13 bits per heavy atom. The number of rotatable bonds is 1. The van der Waals surface area contributed by atoms with E-state index in [1.54, 1.807) is 83.5 Å². The fourth-order valence-corrected chi connectivity index (χ4v) is 11.4. The van der Waals surface area contributed by atoms with Crippen LogP contribution in [0, 0.1) is 65.1 Å². The Bertz CT molecular complexity index is 616. The normalized spacial score (nSPS) is 58.3. The lowest BCUT2D eigenvalue weighted by Crippen LogP contribution is -2.48. The van der Waals surface area contributed by atoms with Crippen LogP contribution in [-0.4, -0.2) is 7.85 Å². The SMILES string of the molecule is BC1(C)C2CCC3CCCCC3C2C2C3CCCCC3C(C3CCC(C)CC3)CC21. The second kappa shape index (κ2) is 7.83. The van der Waals surface area contributed by atoms with Crippen molar-refractivity contribution < 1.29 is 0 Å². The lowest BCUT2D eigenvalue weighted by Gasteiger charge is -2.55. The van der Waals surface area contributed by atoms with Crippen molar-refractivity contribution >= 4 is 7.85 Å². The van der Waals surface area contributed by atoms with Gasteiger partial charge in [-0.3, -0.25) is 0 Å². The molecule has 0 aromatic heterocycles. The molecule has 10 atom stereocenters. The molecular weight excluding hydrogens is 359 g/mol. The summed E-state index contributed by atoms with van der Waals surface area (Å²) in [6, 6.07) is 0. The largest absolute Gasteiger partial charge is 0.109 e. The van der Waals surface area contributed by atoms with E-state index >= 15 is 0 Å². The standard InChI is InChI=1S/C29H49B/c1-18-11-13-20(14-12-18)24-17-26-28(23-10-6-5-9-22(23)24)27-21-8-4-3-7-19(21)15-16-25(27)29(26,2)30/h18-28H,3-17,30H2,1-2H3. The maximum atomic E-state index is 2.77. The number of hydrogen-bond donors (Lipinski definition) is 0. The van der Waals surface area contributed by atoms with Gasteiger partial charge in [0.1, 0.15) is 7.85 Å². The second-order valence-corrected chi connectivity index (χ2v) is 14.0. The highest BCUT2D eigenvalue weighted by Crippen LogP contribution is 2.72. The first-order valence-corrected chi connectivity index (χ1v) is 14.6. The average molecular weight is 409 g/mol. The van der Waals surface area contributed by atoms with Crippen molar-refractivity contribution in [1.82, 2.24) is 0 Å². The van der Waals surface area contributed by atoms with Crippen molar-refractivity contribution in [2.24, 2.45) is 65.1 Å². The predicted molar refractivity (Wildman–Crippen MR) is 130 cm³/mol. The molecule has 6 aliphatic rings. The second-order valence-electron chi connectivity index (χ2n) is 14.0. The molecule has 0 heterocycles. The highest BCUT2D eigenvalue weighted by molar-refractivity contribution is 6.15. The van der Waals surface area contributed by atoms with Crippen LogP contribution in [0.1, 0.15) is 110 Å². The average Bonchev–Trinajstić information content (AvgIpc) is 3.01. The third kappa shape index (κ3) is 3.13. The van der Waals surface area contributed by atoms with Crippen LogP contribution in [0.15, 0.2) is 0 Å². The molecule has 10 unspecified atom stereocenters. The molecule has 1 heteroatoms. The fourth-order valence-electron chi connectivity index (χ4n) is 11.4. The van der Waals surface area contributed by atoms with E-state index in [1.807, 2.05) is 0 Å². The van der Waals surface area contributed by atoms with Gasteiger partial charge in [-0.2, -0.15) is 0 Å². The molecule has 0 aliphatic heterocycles. The monoisotopic (exact) mass is 408 g/mol. The van der Waals surface area contributed by atoms with Gasteiger partial charge < -0.3 is 0 Å². The lowest BCUT2D eigenvalue weighted by molar-refractivity contribution is -0.0572. The molecule has 0 spiro atoms. The van der Waals surface area contributed by atoms with Gasteiger partial charge >= 0.3 is 0 Å². The van der Waals surface area contributed by atoms with Gasteiger partial charge in [0.05, 0.1) is 0 Å². The van der Waals surface area contributed by atoms with Crippen LogP contribution in [0.3, 0.4) is 0 Å². The van der Waals surface area contributed by atoms with Gasteiger partial charge in [-0.15, -0.1) is 0 Å². The highest BCUT2D eigenvalue weighted by atomic mass is 14.7. The van der Waals surface area contributed by atoms with E-state index in [0.29, 0.717) is 5.31 Å². The topological polar surface area (TPSA) is 0 Å². The van der Waals surface area contributed by atoms with Crippen LogP contribution in [-0.2, 0) is 0 Å². The molecule has 0 aromatic carbocycles. The first kappa shape index (κ1) is 20.7. The predicted octanol–water partition coefficient (Wildman–Crippen LogP) is 7.53. The van der Waals surface area contributed by atoms with Gasteiger partial charge in [-0.25, -0.2) is 0 Å². The van der Waals surface area contributed by atoms with Crippen molar-refractivity contribution in [1.29, 1.82) is 0 Å². The van der Waals surface area contributed by atoms with Crippen molar-refractivity contribution in [2.45, 2.75) is 115 Å². The molecule has 0 bridgehead atoms. The molecule has 0 nitrogen and oxygen atoms in total. The minimum atomic E-state index is 0.625. The summed E-state index contributed by atoms with van der Waals surface area (Å²) in [7, 11) is 2.77. The summed E-state index contributed by atoms with van der Waals surface area (Å²) in [4.78, 5) is 0. The van der Waals surface area contributed by atoms with E-state index in [0.717, 1.165) is 65.1 Å². The summed E-state index contributed by atoms with van der Waals surface area (Å²) in [5.74, 6) is 12.1. The molecule has 6 rings (SSSR count). The quantitative estimate of drug-likeness (QED) is 0.393. The summed E-state index contributed by atoms with van der Waals surface area (Å²) in [6.07, 6.45) is 23.7. The first-order valence-electron chi connectivity index (χ1n) is 14.6. The summed E-state index contributed by atoms with van der Waals surface area (Å²) >= 11 is 0. The Kier molecular flexibility index (Phi) is 5.39. The third-order valence-corrected chi connectivity index (χ3v) is 12.7. The van der Waals surface area contributed by atoms with E-state index in [-0.39, 0.29) is 0 Å². The van der Waals surface area contributed by atoms with Gasteiger partial charge in [-0.1, -0.05) is 70.5 Å². The number of fused-ring (bicyclic) bond motifs is 7. The van der Waals surface area contributed by atoms with Crippen molar-refractivity contribution in [3.63, 3.8) is 0 Å². The Hall–Kier alpha value is 0.0649. The van der Waals surface area contributed by atoms with Gasteiger partial charge in [0.2, 0.25) is 0 Å². The fraction of sp³-hybridized carbons (Fsp3) is 1.00. The van der Waals surface area contributed by atoms with E-state index < -0.39 is 0 Å². The van der Waals surface area contributed by atoms with Crippen LogP contribution >= 0.6 is 0 Å². The van der Waals surface area contributed by atoms with Crippen LogP contribution in [0.2, 0.25) is 5.31 Å². The third-order valence-electron chi connectivity index (χ3n) is 12.7. The maximum Gasteiger partial charge on any atom is 0.109 e. The van der Waals surface area contributed by atoms with Crippen LogP contribution in [0.4, 0.5) is 0 Å². The minimum Gasteiger partial charge on any atom is -0.0664 e. The van der Waals surface area contributed by atoms with Crippen LogP contribution in [0.25, 0.3) is 0 Å². The van der Waals surface area contributed by atoms with Crippen molar-refractivity contribution in [3.8, 4) is 0 Å². The molecular formula is C29H49B. The molecule has 6 saturated carbocycles. The molecule has 0 N–H and O–H groups in total. The summed E-state index contributed by atoms with van der Waals surface area (Å²) in [5, 5.41) is 0.625. The van der Waals surface area contributed by atoms with Gasteiger partial charge in [0, 0.05) is 0 Å². The Labute approximate surface area is 188 Å². The zero-order chi connectivity index (χ0) is 20.5. The zero-order valence-corrected chi connectivity index (χ0v) is 20.5. The van der Waals surface area contributed by atoms with Crippen molar-refractivity contribution in [2.75, 3.05) is 0 Å². The Morgan fingerprint density at radius 1 is 0.567 bits per heavy atom. The summed E-state index contributed by atoms with van der Waals surface area (Å²) in [5.41, 5.74) is 0. The van der Waals surface area contributed by atoms with E-state index in [1.165, 1.54) is 12.8 Å². The van der Waals surface area contributed by atoms with Crippen LogP contribution in [0.5, 0.6) is 0 Å². The molecule has 0 saturated heterocycles. The molecule has 0 amide bonds. The maximum absolute atomic E-state index is 2.77.